The summed E-state index contributed by atoms with van der Waals surface area (Å²) >= 11 is 0. The van der Waals surface area contributed by atoms with Gasteiger partial charge in [-0.25, -0.2) is 0 Å². The lowest BCUT2D eigenvalue weighted by Crippen LogP contribution is -2.02. The summed E-state index contributed by atoms with van der Waals surface area (Å²) in [5.41, 5.74) is 4.92. The van der Waals surface area contributed by atoms with E-state index in [1.165, 1.54) is 0 Å². The van der Waals surface area contributed by atoms with E-state index >= 15 is 0 Å². The molecule has 1 heterocycles. The number of aryl methyl sites for hydroxylation is 1. The molecule has 0 radical (unpaired) electrons. The minimum Gasteiger partial charge on any atom is -0.380 e. The molecule has 0 aliphatic carbocycles. The first-order valence-electron chi connectivity index (χ1n) is 6.86. The summed E-state index contributed by atoms with van der Waals surface area (Å²) < 4.78 is 0. The fraction of sp³-hybridized carbons (Fsp3) is 0.111. The predicted molar refractivity (Wildman–Crippen MR) is 85.0 cm³/mol. The fourth-order valence-corrected chi connectivity index (χ4v) is 2.44. The van der Waals surface area contributed by atoms with Gasteiger partial charge in [-0.15, -0.1) is 0 Å². The number of benzene rings is 2. The Hall–Kier alpha value is -2.86. The molecule has 2 aromatic carbocycles. The molecule has 21 heavy (non-hydrogen) atoms. The largest absolute Gasteiger partial charge is 0.380 e. The van der Waals surface area contributed by atoms with Gasteiger partial charge in [-0.05, 0) is 42.3 Å². The maximum atomic E-state index is 9.14. The maximum Gasteiger partial charge on any atom is 0.0995 e. The lowest BCUT2D eigenvalue weighted by molar-refractivity contribution is 1.14. The topological polar surface area (TPSA) is 48.7 Å². The van der Waals surface area contributed by atoms with E-state index in [0.717, 1.165) is 27.7 Å². The second kappa shape index (κ2) is 5.64. The SMILES string of the molecule is Cc1ccc(NCc2ccccc2C#N)c2cccnc12. The van der Waals surface area contributed by atoms with Crippen LogP contribution in [0.4, 0.5) is 5.69 Å². The van der Waals surface area contributed by atoms with Gasteiger partial charge >= 0.3 is 0 Å². The molecule has 3 aromatic rings. The Bertz CT molecular complexity index is 831. The van der Waals surface area contributed by atoms with E-state index in [2.05, 4.69) is 41.5 Å². The number of hydrogen-bond donors (Lipinski definition) is 1. The lowest BCUT2D eigenvalue weighted by Gasteiger charge is -2.11. The first kappa shape index (κ1) is 13.1. The third kappa shape index (κ3) is 2.56. The van der Waals surface area contributed by atoms with Gasteiger partial charge in [-0.2, -0.15) is 5.26 Å². The van der Waals surface area contributed by atoms with Gasteiger partial charge in [0.15, 0.2) is 0 Å². The van der Waals surface area contributed by atoms with Crippen LogP contribution in [0.3, 0.4) is 0 Å². The highest BCUT2D eigenvalue weighted by atomic mass is 14.9. The van der Waals surface area contributed by atoms with Crippen molar-refractivity contribution >= 4 is 16.6 Å². The van der Waals surface area contributed by atoms with E-state index < -0.39 is 0 Å². The van der Waals surface area contributed by atoms with Crippen molar-refractivity contribution in [2.45, 2.75) is 13.5 Å². The first-order chi connectivity index (χ1) is 10.3. The van der Waals surface area contributed by atoms with Gasteiger partial charge in [0.1, 0.15) is 0 Å². The molecule has 1 N–H and O–H groups in total. The van der Waals surface area contributed by atoms with Gasteiger partial charge in [0.25, 0.3) is 0 Å². The van der Waals surface area contributed by atoms with E-state index in [1.807, 2.05) is 36.5 Å². The molecule has 0 amide bonds. The highest BCUT2D eigenvalue weighted by Crippen LogP contribution is 2.25. The quantitative estimate of drug-likeness (QED) is 0.783. The van der Waals surface area contributed by atoms with Crippen LogP contribution in [0, 0.1) is 18.3 Å². The van der Waals surface area contributed by atoms with Gasteiger partial charge < -0.3 is 5.32 Å². The molecule has 0 spiro atoms. The maximum absolute atomic E-state index is 9.14. The number of pyridine rings is 1. The number of nitriles is 1. The third-order valence-corrected chi connectivity index (χ3v) is 3.58. The standard InChI is InChI=1S/C18H15N3/c1-13-8-9-17(16-7-4-10-20-18(13)16)21-12-15-6-3-2-5-14(15)11-19/h2-10,21H,12H2,1H3. The average Bonchev–Trinajstić information content (AvgIpc) is 2.55. The van der Waals surface area contributed by atoms with E-state index in [1.54, 1.807) is 0 Å². The summed E-state index contributed by atoms with van der Waals surface area (Å²) in [6.45, 7) is 2.68. The highest BCUT2D eigenvalue weighted by molar-refractivity contribution is 5.93. The predicted octanol–water partition coefficient (Wildman–Crippen LogP) is 4.03. The summed E-state index contributed by atoms with van der Waals surface area (Å²) in [7, 11) is 0. The summed E-state index contributed by atoms with van der Waals surface area (Å²) in [6, 6.07) is 18.0. The monoisotopic (exact) mass is 273 g/mol. The van der Waals surface area contributed by atoms with Crippen LogP contribution in [0.25, 0.3) is 10.9 Å². The Labute approximate surface area is 123 Å². The van der Waals surface area contributed by atoms with Gasteiger partial charge in [0, 0.05) is 23.8 Å². The normalized spacial score (nSPS) is 10.3. The Balaban J connectivity index is 1.93. The second-order valence-corrected chi connectivity index (χ2v) is 4.95. The van der Waals surface area contributed by atoms with Crippen LogP contribution < -0.4 is 5.32 Å². The molecular formula is C18H15N3. The molecule has 0 saturated carbocycles. The van der Waals surface area contributed by atoms with Gasteiger partial charge in [-0.3, -0.25) is 4.98 Å². The number of fused-ring (bicyclic) bond motifs is 1. The molecule has 1 aromatic heterocycles. The van der Waals surface area contributed by atoms with Crippen molar-refractivity contribution in [1.82, 2.24) is 4.98 Å². The Morgan fingerprint density at radius 1 is 1.10 bits per heavy atom. The molecule has 0 bridgehead atoms. The van der Waals surface area contributed by atoms with Crippen molar-refractivity contribution in [3.05, 3.63) is 71.4 Å². The van der Waals surface area contributed by atoms with Crippen molar-refractivity contribution in [3.8, 4) is 6.07 Å². The van der Waals surface area contributed by atoms with Crippen molar-refractivity contribution in [2.24, 2.45) is 0 Å². The summed E-state index contributed by atoms with van der Waals surface area (Å²) in [6.07, 6.45) is 1.81. The molecule has 102 valence electrons. The fourth-order valence-electron chi connectivity index (χ4n) is 2.44. The highest BCUT2D eigenvalue weighted by Gasteiger charge is 2.05. The Kier molecular flexibility index (Phi) is 3.53. The minimum atomic E-state index is 0.622. The van der Waals surface area contributed by atoms with Crippen molar-refractivity contribution in [2.75, 3.05) is 5.32 Å². The number of hydrogen-bond acceptors (Lipinski definition) is 3. The minimum absolute atomic E-state index is 0.622. The van der Waals surface area contributed by atoms with Crippen LogP contribution in [-0.2, 0) is 6.54 Å². The molecule has 0 unspecified atom stereocenters. The molecule has 0 saturated heterocycles. The number of rotatable bonds is 3. The van der Waals surface area contributed by atoms with Crippen LogP contribution >= 0.6 is 0 Å². The van der Waals surface area contributed by atoms with Gasteiger partial charge in [0.2, 0.25) is 0 Å². The molecule has 0 atom stereocenters. The van der Waals surface area contributed by atoms with E-state index in [9.17, 15) is 0 Å². The van der Waals surface area contributed by atoms with Crippen molar-refractivity contribution in [3.63, 3.8) is 0 Å². The molecule has 0 fully saturated rings. The van der Waals surface area contributed by atoms with Crippen LogP contribution in [0.15, 0.2) is 54.7 Å². The van der Waals surface area contributed by atoms with Crippen LogP contribution in [-0.4, -0.2) is 4.98 Å². The first-order valence-corrected chi connectivity index (χ1v) is 6.86. The van der Waals surface area contributed by atoms with Crippen molar-refractivity contribution in [1.29, 1.82) is 5.26 Å². The number of anilines is 1. The van der Waals surface area contributed by atoms with Crippen LogP contribution in [0.2, 0.25) is 0 Å². The molecule has 0 aliphatic rings. The zero-order valence-corrected chi connectivity index (χ0v) is 11.8. The number of aromatic nitrogens is 1. The lowest BCUT2D eigenvalue weighted by atomic mass is 10.1. The molecule has 3 rings (SSSR count). The van der Waals surface area contributed by atoms with Crippen LogP contribution in [0.5, 0.6) is 0 Å². The molecule has 0 aliphatic heterocycles. The molecular weight excluding hydrogens is 258 g/mol. The smallest absolute Gasteiger partial charge is 0.0995 e. The van der Waals surface area contributed by atoms with E-state index in [4.69, 9.17) is 5.26 Å². The molecule has 3 nitrogen and oxygen atoms in total. The van der Waals surface area contributed by atoms with Gasteiger partial charge in [-0.1, -0.05) is 24.3 Å². The van der Waals surface area contributed by atoms with E-state index in [0.29, 0.717) is 12.1 Å². The second-order valence-electron chi connectivity index (χ2n) is 4.95. The summed E-state index contributed by atoms with van der Waals surface area (Å²) in [5, 5.41) is 13.7. The average molecular weight is 273 g/mol. The Morgan fingerprint density at radius 2 is 1.95 bits per heavy atom. The molecule has 3 heteroatoms. The van der Waals surface area contributed by atoms with Gasteiger partial charge in [0.05, 0.1) is 17.1 Å². The number of nitrogens with one attached hydrogen (secondary N) is 1. The number of nitrogens with zero attached hydrogens (tertiary/aromatic N) is 2. The van der Waals surface area contributed by atoms with E-state index in [-0.39, 0.29) is 0 Å². The van der Waals surface area contributed by atoms with Crippen molar-refractivity contribution < 1.29 is 0 Å². The summed E-state index contributed by atoms with van der Waals surface area (Å²) in [4.78, 5) is 4.44. The zero-order chi connectivity index (χ0) is 14.7. The Morgan fingerprint density at radius 3 is 2.81 bits per heavy atom. The van der Waals surface area contributed by atoms with Crippen LogP contribution in [0.1, 0.15) is 16.7 Å². The zero-order valence-electron chi connectivity index (χ0n) is 11.8. The summed E-state index contributed by atoms with van der Waals surface area (Å²) in [5.74, 6) is 0. The third-order valence-electron chi connectivity index (χ3n) is 3.58.